The summed E-state index contributed by atoms with van der Waals surface area (Å²) >= 11 is 0. The molecule has 3 N–H and O–H groups in total. The standard InChI is InChI=1S/C18H27N3O2.ClH/c1-3-5-6-7-18(22)21(4-2)23-15-8-9-17-16(12-15)14(10-11-19)13-20-17;/h8-9,12-13,20H,3-7,10-11,19H2,1-2H3;1H. The maximum absolute atomic E-state index is 12.2. The van der Waals surface area contributed by atoms with Crippen molar-refractivity contribution in [1.82, 2.24) is 10.0 Å². The van der Waals surface area contributed by atoms with Crippen LogP contribution in [0.15, 0.2) is 24.4 Å². The first-order chi connectivity index (χ1) is 11.2. The van der Waals surface area contributed by atoms with Crippen molar-refractivity contribution in [3.05, 3.63) is 30.0 Å². The van der Waals surface area contributed by atoms with Gasteiger partial charge in [-0.3, -0.25) is 4.79 Å². The molecule has 5 nitrogen and oxygen atoms in total. The van der Waals surface area contributed by atoms with E-state index in [1.54, 1.807) is 0 Å². The minimum Gasteiger partial charge on any atom is -0.377 e. The Bertz CT molecular complexity index is 642. The number of halogens is 1. The van der Waals surface area contributed by atoms with E-state index in [0.717, 1.165) is 36.6 Å². The predicted molar refractivity (Wildman–Crippen MR) is 100 cm³/mol. The Hall–Kier alpha value is -1.72. The Morgan fingerprint density at radius 3 is 2.75 bits per heavy atom. The number of benzene rings is 1. The molecule has 1 aromatic heterocycles. The molecule has 1 heterocycles. The van der Waals surface area contributed by atoms with Crippen molar-refractivity contribution in [2.75, 3.05) is 13.1 Å². The summed E-state index contributed by atoms with van der Waals surface area (Å²) in [6, 6.07) is 5.83. The van der Waals surface area contributed by atoms with Crippen LogP contribution in [-0.4, -0.2) is 29.0 Å². The molecule has 0 fully saturated rings. The summed E-state index contributed by atoms with van der Waals surface area (Å²) in [5.74, 6) is 0.721. The maximum atomic E-state index is 12.2. The molecule has 6 heteroatoms. The van der Waals surface area contributed by atoms with E-state index in [2.05, 4.69) is 11.9 Å². The number of carbonyl (C=O) groups is 1. The first-order valence-electron chi connectivity index (χ1n) is 8.48. The van der Waals surface area contributed by atoms with Gasteiger partial charge in [0.15, 0.2) is 5.75 Å². The van der Waals surface area contributed by atoms with Crippen molar-refractivity contribution in [2.24, 2.45) is 5.73 Å². The van der Waals surface area contributed by atoms with Crippen LogP contribution in [0.1, 0.15) is 45.1 Å². The molecule has 2 aromatic rings. The van der Waals surface area contributed by atoms with Crippen LogP contribution >= 0.6 is 12.4 Å². The lowest BCUT2D eigenvalue weighted by Gasteiger charge is -2.21. The molecule has 0 aliphatic carbocycles. The molecule has 1 amide bonds. The van der Waals surface area contributed by atoms with Gasteiger partial charge >= 0.3 is 0 Å². The van der Waals surface area contributed by atoms with Gasteiger partial charge in [0.1, 0.15) is 0 Å². The van der Waals surface area contributed by atoms with Crippen LogP contribution in [0, 0.1) is 0 Å². The molecule has 0 saturated heterocycles. The largest absolute Gasteiger partial charge is 0.377 e. The number of nitrogens with one attached hydrogen (secondary N) is 1. The lowest BCUT2D eigenvalue weighted by molar-refractivity contribution is -0.156. The molecule has 0 unspecified atom stereocenters. The van der Waals surface area contributed by atoms with Crippen molar-refractivity contribution < 1.29 is 9.63 Å². The molecule has 0 saturated carbocycles. The monoisotopic (exact) mass is 353 g/mol. The quantitative estimate of drug-likeness (QED) is 0.532. The second-order valence-corrected chi connectivity index (χ2v) is 5.70. The molecule has 0 aliphatic rings. The van der Waals surface area contributed by atoms with Crippen LogP contribution < -0.4 is 10.6 Å². The molecule has 0 spiro atoms. The Morgan fingerprint density at radius 2 is 2.08 bits per heavy atom. The van der Waals surface area contributed by atoms with Gasteiger partial charge in [-0.1, -0.05) is 19.8 Å². The number of hydrogen-bond donors (Lipinski definition) is 2. The summed E-state index contributed by atoms with van der Waals surface area (Å²) in [7, 11) is 0. The molecular weight excluding hydrogens is 326 g/mol. The highest BCUT2D eigenvalue weighted by atomic mass is 35.5. The average Bonchev–Trinajstić information content (AvgIpc) is 2.95. The first kappa shape index (κ1) is 20.3. The molecule has 1 aromatic carbocycles. The molecular formula is C18H28ClN3O2. The second-order valence-electron chi connectivity index (χ2n) is 5.70. The number of hydroxylamine groups is 2. The molecule has 0 atom stereocenters. The summed E-state index contributed by atoms with van der Waals surface area (Å²) in [5.41, 5.74) is 7.88. The molecule has 2 rings (SSSR count). The number of unbranched alkanes of at least 4 members (excludes halogenated alkanes) is 2. The van der Waals surface area contributed by atoms with Gasteiger partial charge in [-0.2, -0.15) is 5.06 Å². The normalized spacial score (nSPS) is 10.5. The number of aromatic amines is 1. The van der Waals surface area contributed by atoms with Crippen LogP contribution in [0.5, 0.6) is 5.75 Å². The van der Waals surface area contributed by atoms with Gasteiger partial charge in [-0.25, -0.2) is 0 Å². The third-order valence-electron chi connectivity index (χ3n) is 3.93. The van der Waals surface area contributed by atoms with Gasteiger partial charge in [0.2, 0.25) is 0 Å². The van der Waals surface area contributed by atoms with Crippen LogP contribution in [0.25, 0.3) is 10.9 Å². The fraction of sp³-hybridized carbons (Fsp3) is 0.500. The number of nitrogens with zero attached hydrogens (tertiary/aromatic N) is 1. The van der Waals surface area contributed by atoms with Gasteiger partial charge in [0, 0.05) is 23.5 Å². The molecule has 0 aliphatic heterocycles. The number of aromatic nitrogens is 1. The van der Waals surface area contributed by atoms with Crippen LogP contribution in [0.3, 0.4) is 0 Å². The number of rotatable bonds is 9. The highest BCUT2D eigenvalue weighted by molar-refractivity contribution is 5.85. The number of amides is 1. The van der Waals surface area contributed by atoms with E-state index in [4.69, 9.17) is 10.6 Å². The fourth-order valence-electron chi connectivity index (χ4n) is 2.65. The van der Waals surface area contributed by atoms with E-state index >= 15 is 0 Å². The highest BCUT2D eigenvalue weighted by Crippen LogP contribution is 2.24. The smallest absolute Gasteiger partial charge is 0.255 e. The minimum atomic E-state index is 0. The number of nitrogens with two attached hydrogens (primary N) is 1. The highest BCUT2D eigenvalue weighted by Gasteiger charge is 2.14. The van der Waals surface area contributed by atoms with E-state index in [0.29, 0.717) is 25.3 Å². The second kappa shape index (κ2) is 10.2. The summed E-state index contributed by atoms with van der Waals surface area (Å²) in [6.07, 6.45) is 6.42. The van der Waals surface area contributed by atoms with Gasteiger partial charge < -0.3 is 15.6 Å². The van der Waals surface area contributed by atoms with E-state index in [9.17, 15) is 4.79 Å². The number of H-pyrrole nitrogens is 1. The minimum absolute atomic E-state index is 0. The van der Waals surface area contributed by atoms with Crippen LogP contribution in [-0.2, 0) is 11.2 Å². The molecule has 24 heavy (non-hydrogen) atoms. The van der Waals surface area contributed by atoms with Gasteiger partial charge in [0.25, 0.3) is 5.91 Å². The van der Waals surface area contributed by atoms with Gasteiger partial charge in [-0.05, 0) is 50.1 Å². The molecule has 134 valence electrons. The number of fused-ring (bicyclic) bond motifs is 1. The number of carbonyl (C=O) groups excluding carboxylic acids is 1. The Morgan fingerprint density at radius 1 is 1.29 bits per heavy atom. The van der Waals surface area contributed by atoms with E-state index < -0.39 is 0 Å². The van der Waals surface area contributed by atoms with Crippen molar-refractivity contribution in [3.8, 4) is 5.75 Å². The zero-order valence-corrected chi connectivity index (χ0v) is 15.3. The fourth-order valence-corrected chi connectivity index (χ4v) is 2.65. The zero-order chi connectivity index (χ0) is 16.7. The topological polar surface area (TPSA) is 71.3 Å². The Kier molecular flexibility index (Phi) is 8.65. The maximum Gasteiger partial charge on any atom is 0.255 e. The van der Waals surface area contributed by atoms with Crippen LogP contribution in [0.2, 0.25) is 0 Å². The lowest BCUT2D eigenvalue weighted by Crippen LogP contribution is -2.33. The van der Waals surface area contributed by atoms with Crippen molar-refractivity contribution in [2.45, 2.75) is 46.0 Å². The summed E-state index contributed by atoms with van der Waals surface area (Å²) in [4.78, 5) is 21.3. The van der Waals surface area contributed by atoms with Gasteiger partial charge in [-0.15, -0.1) is 12.4 Å². The molecule has 0 radical (unpaired) electrons. The first-order valence-corrected chi connectivity index (χ1v) is 8.48. The Balaban J connectivity index is 0.00000288. The summed E-state index contributed by atoms with van der Waals surface area (Å²) < 4.78 is 0. The van der Waals surface area contributed by atoms with Gasteiger partial charge in [0.05, 0.1) is 6.54 Å². The molecule has 0 bridgehead atoms. The van der Waals surface area contributed by atoms with Crippen molar-refractivity contribution >= 4 is 29.2 Å². The summed E-state index contributed by atoms with van der Waals surface area (Å²) in [5, 5.41) is 2.55. The van der Waals surface area contributed by atoms with E-state index in [1.165, 1.54) is 10.6 Å². The average molecular weight is 354 g/mol. The van der Waals surface area contributed by atoms with Crippen molar-refractivity contribution in [3.63, 3.8) is 0 Å². The van der Waals surface area contributed by atoms with Crippen LogP contribution in [0.4, 0.5) is 0 Å². The number of hydrogen-bond acceptors (Lipinski definition) is 3. The third kappa shape index (κ3) is 5.14. The Labute approximate surface area is 149 Å². The zero-order valence-electron chi connectivity index (χ0n) is 14.5. The third-order valence-corrected chi connectivity index (χ3v) is 3.93. The van der Waals surface area contributed by atoms with E-state index in [1.807, 2.05) is 31.3 Å². The van der Waals surface area contributed by atoms with E-state index in [-0.39, 0.29) is 18.3 Å². The SMILES string of the molecule is CCCCCC(=O)N(CC)Oc1ccc2[nH]cc(CCN)c2c1.Cl. The predicted octanol–water partition coefficient (Wildman–Crippen LogP) is 3.81. The lowest BCUT2D eigenvalue weighted by atomic mass is 10.1. The van der Waals surface area contributed by atoms with Crippen molar-refractivity contribution in [1.29, 1.82) is 0 Å². The summed E-state index contributed by atoms with van der Waals surface area (Å²) in [6.45, 7) is 5.19.